The minimum atomic E-state index is -0.0334. The third kappa shape index (κ3) is 4.33. The predicted molar refractivity (Wildman–Crippen MR) is 104 cm³/mol. The fraction of sp³-hybridized carbons (Fsp3) is 0.421. The van der Waals surface area contributed by atoms with Gasteiger partial charge in [0.2, 0.25) is 5.91 Å². The number of aromatic nitrogens is 2. The summed E-state index contributed by atoms with van der Waals surface area (Å²) in [5.74, 6) is 1.74. The average molecular weight is 419 g/mol. The molecule has 1 aliphatic heterocycles. The highest BCUT2D eigenvalue weighted by Gasteiger charge is 2.29. The molecule has 0 spiro atoms. The van der Waals surface area contributed by atoms with Crippen LogP contribution >= 0.6 is 15.9 Å². The van der Waals surface area contributed by atoms with Crippen LogP contribution in [0.1, 0.15) is 18.4 Å². The van der Waals surface area contributed by atoms with E-state index in [0.29, 0.717) is 13.1 Å². The van der Waals surface area contributed by atoms with E-state index in [4.69, 9.17) is 4.74 Å². The van der Waals surface area contributed by atoms with Crippen molar-refractivity contribution in [3.05, 3.63) is 46.8 Å². The minimum Gasteiger partial charge on any atom is -0.496 e. The number of ether oxygens (including phenoxy) is 1. The largest absolute Gasteiger partial charge is 0.496 e. The number of rotatable bonds is 5. The first-order chi connectivity index (χ1) is 12.6. The summed E-state index contributed by atoms with van der Waals surface area (Å²) in [6.45, 7) is 2.10. The number of hydrogen-bond donors (Lipinski definition) is 0. The molecule has 1 aliphatic rings. The average Bonchev–Trinajstić information content (AvgIpc) is 2.68. The van der Waals surface area contributed by atoms with Crippen molar-refractivity contribution in [2.24, 2.45) is 5.92 Å². The smallest absolute Gasteiger partial charge is 0.227 e. The zero-order valence-electron chi connectivity index (χ0n) is 15.1. The molecule has 1 fully saturated rings. The molecule has 0 unspecified atom stereocenters. The molecular formula is C19H23BrN4O2. The van der Waals surface area contributed by atoms with Crippen molar-refractivity contribution < 1.29 is 9.53 Å². The molecule has 1 aromatic carbocycles. The van der Waals surface area contributed by atoms with Crippen molar-refractivity contribution in [3.63, 3.8) is 0 Å². The second kappa shape index (κ2) is 8.49. The van der Waals surface area contributed by atoms with E-state index in [2.05, 4.69) is 30.8 Å². The monoisotopic (exact) mass is 418 g/mol. The summed E-state index contributed by atoms with van der Waals surface area (Å²) < 4.78 is 6.39. The van der Waals surface area contributed by atoms with Crippen LogP contribution in [0.5, 0.6) is 5.75 Å². The number of benzene rings is 1. The van der Waals surface area contributed by atoms with Gasteiger partial charge in [-0.05, 0) is 31.0 Å². The highest BCUT2D eigenvalue weighted by molar-refractivity contribution is 9.10. The lowest BCUT2D eigenvalue weighted by Crippen LogP contribution is -2.43. The van der Waals surface area contributed by atoms with Gasteiger partial charge in [0.15, 0.2) is 0 Å². The van der Waals surface area contributed by atoms with Crippen molar-refractivity contribution >= 4 is 27.7 Å². The predicted octanol–water partition coefficient (Wildman–Crippen LogP) is 3.12. The van der Waals surface area contributed by atoms with Gasteiger partial charge in [0.05, 0.1) is 19.2 Å². The van der Waals surface area contributed by atoms with E-state index in [1.807, 2.05) is 25.2 Å². The van der Waals surface area contributed by atoms with Crippen LogP contribution in [0.3, 0.4) is 0 Å². The van der Waals surface area contributed by atoms with Crippen LogP contribution < -0.4 is 9.64 Å². The maximum absolute atomic E-state index is 13.0. The van der Waals surface area contributed by atoms with Gasteiger partial charge >= 0.3 is 0 Å². The third-order valence-electron chi connectivity index (χ3n) is 4.67. The van der Waals surface area contributed by atoms with Crippen LogP contribution in [0.2, 0.25) is 0 Å². The summed E-state index contributed by atoms with van der Waals surface area (Å²) in [7, 11) is 3.50. The summed E-state index contributed by atoms with van der Waals surface area (Å²) in [6.07, 6.45) is 6.97. The molecule has 0 saturated carbocycles. The molecule has 0 aliphatic carbocycles. The van der Waals surface area contributed by atoms with E-state index in [0.717, 1.165) is 41.0 Å². The summed E-state index contributed by atoms with van der Waals surface area (Å²) >= 11 is 3.48. The van der Waals surface area contributed by atoms with Crippen LogP contribution in [-0.2, 0) is 11.3 Å². The third-order valence-corrected chi connectivity index (χ3v) is 5.16. The lowest BCUT2D eigenvalue weighted by atomic mass is 9.96. The molecule has 2 aromatic rings. The van der Waals surface area contributed by atoms with Gasteiger partial charge < -0.3 is 14.5 Å². The maximum atomic E-state index is 13.0. The molecule has 1 saturated heterocycles. The second-order valence-electron chi connectivity index (χ2n) is 6.50. The number of anilines is 1. The molecule has 1 atom stereocenters. The zero-order chi connectivity index (χ0) is 18.5. The number of methoxy groups -OCH3 is 1. The fourth-order valence-electron chi connectivity index (χ4n) is 3.36. The Labute approximate surface area is 162 Å². The fourth-order valence-corrected chi connectivity index (χ4v) is 3.77. The summed E-state index contributed by atoms with van der Waals surface area (Å²) in [4.78, 5) is 25.4. The van der Waals surface area contributed by atoms with Gasteiger partial charge in [-0.2, -0.15) is 0 Å². The topological polar surface area (TPSA) is 58.6 Å². The van der Waals surface area contributed by atoms with Gasteiger partial charge in [-0.3, -0.25) is 9.78 Å². The van der Waals surface area contributed by atoms with Gasteiger partial charge in [-0.1, -0.05) is 15.9 Å². The second-order valence-corrected chi connectivity index (χ2v) is 7.41. The molecule has 6 nitrogen and oxygen atoms in total. The zero-order valence-corrected chi connectivity index (χ0v) is 16.6. The Hall–Kier alpha value is -2.15. The number of carbonyl (C=O) groups is 1. The molecule has 3 rings (SSSR count). The Morgan fingerprint density at radius 3 is 3.00 bits per heavy atom. The lowest BCUT2D eigenvalue weighted by molar-refractivity contribution is -0.135. The van der Waals surface area contributed by atoms with Gasteiger partial charge in [0.1, 0.15) is 11.6 Å². The highest BCUT2D eigenvalue weighted by atomic mass is 79.9. The van der Waals surface area contributed by atoms with E-state index in [-0.39, 0.29) is 11.8 Å². The number of nitrogens with zero attached hydrogens (tertiary/aromatic N) is 4. The van der Waals surface area contributed by atoms with Crippen LogP contribution in [0.25, 0.3) is 0 Å². The Morgan fingerprint density at radius 2 is 2.27 bits per heavy atom. The summed E-state index contributed by atoms with van der Waals surface area (Å²) in [6, 6.07) is 5.84. The Bertz CT molecular complexity index is 756. The van der Waals surface area contributed by atoms with Gasteiger partial charge in [-0.15, -0.1) is 0 Å². The van der Waals surface area contributed by atoms with Crippen molar-refractivity contribution in [1.29, 1.82) is 0 Å². The lowest BCUT2D eigenvalue weighted by Gasteiger charge is -2.34. The van der Waals surface area contributed by atoms with Crippen LogP contribution in [0, 0.1) is 5.92 Å². The minimum absolute atomic E-state index is 0.0334. The van der Waals surface area contributed by atoms with Crippen LogP contribution in [0.15, 0.2) is 41.3 Å². The molecule has 138 valence electrons. The van der Waals surface area contributed by atoms with E-state index < -0.39 is 0 Å². The molecule has 26 heavy (non-hydrogen) atoms. The van der Waals surface area contributed by atoms with Gasteiger partial charge in [0, 0.05) is 49.1 Å². The maximum Gasteiger partial charge on any atom is 0.227 e. The Morgan fingerprint density at radius 1 is 1.42 bits per heavy atom. The molecule has 0 N–H and O–H groups in total. The van der Waals surface area contributed by atoms with Gasteiger partial charge in [0.25, 0.3) is 0 Å². The first kappa shape index (κ1) is 18.6. The van der Waals surface area contributed by atoms with Crippen molar-refractivity contribution in [2.75, 3.05) is 32.1 Å². The first-order valence-electron chi connectivity index (χ1n) is 8.67. The normalized spacial score (nSPS) is 17.0. The number of carbonyl (C=O) groups excluding carboxylic acids is 1. The van der Waals surface area contributed by atoms with E-state index in [9.17, 15) is 4.79 Å². The summed E-state index contributed by atoms with van der Waals surface area (Å²) in [5, 5.41) is 0. The quantitative estimate of drug-likeness (QED) is 0.746. The molecule has 7 heteroatoms. The molecule has 1 aromatic heterocycles. The number of hydrogen-bond acceptors (Lipinski definition) is 5. The van der Waals surface area contributed by atoms with Crippen molar-refractivity contribution in [1.82, 2.24) is 14.9 Å². The molecular weight excluding hydrogens is 396 g/mol. The number of amides is 1. The highest BCUT2D eigenvalue weighted by Crippen LogP contribution is 2.26. The van der Waals surface area contributed by atoms with E-state index in [1.54, 1.807) is 30.6 Å². The van der Waals surface area contributed by atoms with Crippen molar-refractivity contribution in [3.8, 4) is 5.75 Å². The molecule has 1 amide bonds. The standard InChI is InChI=1S/C19H23BrN4O2/c1-23(12-15-10-16(20)5-6-17(15)26-2)19(25)14-4-3-9-24(13-14)18-11-21-7-8-22-18/h5-8,10-11,14H,3-4,9,12-13H2,1-2H3/t14-/m1/s1. The van der Waals surface area contributed by atoms with Crippen molar-refractivity contribution in [2.45, 2.75) is 19.4 Å². The van der Waals surface area contributed by atoms with E-state index in [1.165, 1.54) is 0 Å². The first-order valence-corrected chi connectivity index (χ1v) is 9.46. The molecule has 0 radical (unpaired) electrons. The summed E-state index contributed by atoms with van der Waals surface area (Å²) in [5.41, 5.74) is 0.985. The van der Waals surface area contributed by atoms with Crippen LogP contribution in [0.4, 0.5) is 5.82 Å². The Kier molecular flexibility index (Phi) is 6.08. The number of halogens is 1. The molecule has 0 bridgehead atoms. The van der Waals surface area contributed by atoms with E-state index >= 15 is 0 Å². The van der Waals surface area contributed by atoms with Gasteiger partial charge in [-0.25, -0.2) is 4.98 Å². The SMILES string of the molecule is COc1ccc(Br)cc1CN(C)C(=O)[C@@H]1CCCN(c2cnccn2)C1. The van der Waals surface area contributed by atoms with Crippen LogP contribution in [-0.4, -0.2) is 48.0 Å². The Balaban J connectivity index is 1.67. The number of piperidine rings is 1. The molecule has 2 heterocycles.